The van der Waals surface area contributed by atoms with Crippen LogP contribution in [0.4, 0.5) is 21.0 Å². The van der Waals surface area contributed by atoms with Crippen molar-refractivity contribution in [2.24, 2.45) is 11.8 Å². The molecule has 0 radical (unpaired) electrons. The number of carbonyl (C=O) groups excluding carboxylic acids is 11. The van der Waals surface area contributed by atoms with Gasteiger partial charge in [0.15, 0.2) is 6.10 Å². The van der Waals surface area contributed by atoms with E-state index in [9.17, 15) is 88.0 Å². The van der Waals surface area contributed by atoms with Crippen molar-refractivity contribution in [3.8, 4) is 0 Å². The number of amides is 8. The van der Waals surface area contributed by atoms with E-state index < -0.39 is 158 Å². The van der Waals surface area contributed by atoms with Crippen molar-refractivity contribution in [3.05, 3.63) is 174 Å². The van der Waals surface area contributed by atoms with Crippen LogP contribution in [0.25, 0.3) is 34.0 Å². The molecule has 676 valence electrons. The molecule has 6 aromatic rings. The Hall–Kier alpha value is -12.8. The first-order chi connectivity index (χ1) is 59.2. The molecule has 126 heavy (non-hydrogen) atoms. The number of ether oxygens (including phenoxy) is 6. The largest absolute Gasteiger partial charge is 0.479 e. The maximum Gasteiger partial charge on any atom is 0.410 e. The number of carboxylic acid groups (broad SMARTS) is 1. The summed E-state index contributed by atoms with van der Waals surface area (Å²) >= 11 is 0. The summed E-state index contributed by atoms with van der Waals surface area (Å²) < 4.78 is 33.4. The Kier molecular flexibility index (Phi) is 31.8. The van der Waals surface area contributed by atoms with Gasteiger partial charge < -0.3 is 69.7 Å². The number of hydrazine groups is 2. The number of cyclic esters (lactones) is 1. The van der Waals surface area contributed by atoms with Crippen molar-refractivity contribution < 1.29 is 106 Å². The van der Waals surface area contributed by atoms with Crippen LogP contribution in [0.3, 0.4) is 0 Å². The van der Waals surface area contributed by atoms with Gasteiger partial charge in [-0.3, -0.25) is 69.0 Å². The predicted molar refractivity (Wildman–Crippen MR) is 457 cm³/mol. The van der Waals surface area contributed by atoms with E-state index in [-0.39, 0.29) is 79.4 Å². The molecule has 8 N–H and O–H groups in total. The summed E-state index contributed by atoms with van der Waals surface area (Å²) in [6.45, 7) is 27.6. The number of aliphatic carboxylic acids is 1. The number of fused-ring (bicyclic) bond motifs is 5. The normalized spacial score (nSPS) is 21.8. The second kappa shape index (κ2) is 41.4. The topological polar surface area (TPSA) is 498 Å². The van der Waals surface area contributed by atoms with E-state index in [2.05, 4.69) is 36.9 Å². The van der Waals surface area contributed by atoms with Gasteiger partial charge in [0, 0.05) is 49.1 Å². The van der Waals surface area contributed by atoms with E-state index >= 15 is 0 Å². The molecule has 0 aliphatic carbocycles. The van der Waals surface area contributed by atoms with Gasteiger partial charge >= 0.3 is 36.1 Å². The number of aromatic nitrogens is 2. The van der Waals surface area contributed by atoms with Crippen LogP contribution in [-0.4, -0.2) is 233 Å². The number of carbonyl (C=O) groups is 12. The fourth-order valence-corrected chi connectivity index (χ4v) is 14.1. The molecular formula is C88H110N14O24. The molecule has 38 nitrogen and oxygen atoms in total. The molecule has 38 heteroatoms. The van der Waals surface area contributed by atoms with Gasteiger partial charge in [-0.05, 0) is 179 Å². The lowest BCUT2D eigenvalue weighted by atomic mass is 9.98. The van der Waals surface area contributed by atoms with E-state index in [0.717, 1.165) is 22.9 Å². The lowest BCUT2D eigenvalue weighted by molar-refractivity contribution is -0.385. The number of hydrogen-bond acceptors (Lipinski definition) is 27. The lowest BCUT2D eigenvalue weighted by Crippen LogP contribution is -2.61. The van der Waals surface area contributed by atoms with Gasteiger partial charge in [-0.2, -0.15) is 0 Å². The monoisotopic (exact) mass is 1750 g/mol. The van der Waals surface area contributed by atoms with E-state index in [1.807, 2.05) is 61.5 Å². The zero-order chi connectivity index (χ0) is 92.8. The zero-order valence-electron chi connectivity index (χ0n) is 73.3. The summed E-state index contributed by atoms with van der Waals surface area (Å²) in [5, 5.41) is 57.8. The molecule has 4 aromatic carbocycles. The number of aryl methyl sites for hydroxylation is 2. The number of nitrogens with one attached hydrogen (secondary N) is 6. The number of aliphatic hydroxyl groups excluding tert-OH is 1. The predicted octanol–water partition coefficient (Wildman–Crippen LogP) is 8.66. The average Bonchev–Trinajstić information content (AvgIpc) is 0.990. The first kappa shape index (κ1) is 97.0. The molecule has 7 heterocycles. The minimum atomic E-state index is -1.79. The summed E-state index contributed by atoms with van der Waals surface area (Å²) in [4.78, 5) is 189. The van der Waals surface area contributed by atoms with Crippen molar-refractivity contribution in [1.82, 2.24) is 61.9 Å². The van der Waals surface area contributed by atoms with E-state index in [1.165, 1.54) is 83.9 Å². The maximum atomic E-state index is 14.2. The number of rotatable bonds is 15. The SMILES string of the molecule is CC(C)[C@@H]1OC(=O)C2(/C=C/c3ccc4ccc(nc4c3)[C@@H](C)NC(=O)[C@@H]3CCCN(N3)C(=O)[C@H](C)NC1=O)CN(C(=O)OC(C)(C)C)CCO2.CC(C)[C@H](O)C(=O)N[C@@H](C)C(=O)N1CCC[C@@H](C(=O)N[C@H](C)c2ccc3ccc(/C=C/C4(C(=O)O)CN(C(=O)OC(C)(C)C)CCO4)cc3n2)N1.Cc1cccc([N+](=O)[O-])c1C(=O)OC(=O)c1c(C)cccc1[N+](=O)[O-]. The summed E-state index contributed by atoms with van der Waals surface area (Å²) in [7, 11) is 0. The Balaban J connectivity index is 0.000000226. The molecule has 1 spiro atoms. The molecule has 5 bridgehead atoms. The summed E-state index contributed by atoms with van der Waals surface area (Å²) in [6, 6.07) is 22.2. The molecule has 5 aliphatic heterocycles. The third-order valence-corrected chi connectivity index (χ3v) is 21.0. The van der Waals surface area contributed by atoms with Crippen molar-refractivity contribution in [2.75, 3.05) is 52.5 Å². The number of nitro groups is 2. The van der Waals surface area contributed by atoms with E-state index in [1.54, 1.807) is 94.4 Å². The summed E-state index contributed by atoms with van der Waals surface area (Å²) in [6.07, 6.45) is 4.65. The molecule has 2 unspecified atom stereocenters. The van der Waals surface area contributed by atoms with E-state index in [0.29, 0.717) is 72.3 Å². The van der Waals surface area contributed by atoms with Gasteiger partial charge in [0.1, 0.15) is 52.6 Å². The minimum Gasteiger partial charge on any atom is -0.479 e. The Morgan fingerprint density at radius 2 is 1.23 bits per heavy atom. The number of hydrogen-bond donors (Lipinski definition) is 8. The van der Waals surface area contributed by atoms with Gasteiger partial charge in [0.25, 0.3) is 29.1 Å². The first-order valence-electron chi connectivity index (χ1n) is 41.3. The van der Waals surface area contributed by atoms with Crippen LogP contribution in [0.15, 0.2) is 109 Å². The highest BCUT2D eigenvalue weighted by molar-refractivity contribution is 6.07. The van der Waals surface area contributed by atoms with Gasteiger partial charge in [-0.1, -0.05) is 101 Å². The Morgan fingerprint density at radius 1 is 0.667 bits per heavy atom. The minimum absolute atomic E-state index is 0.00116. The summed E-state index contributed by atoms with van der Waals surface area (Å²) in [5.41, 5.74) is 3.46. The number of esters is 3. The molecule has 5 aliphatic rings. The number of morpholine rings is 2. The Bertz CT molecular complexity index is 5140. The van der Waals surface area contributed by atoms with Crippen LogP contribution in [0, 0.1) is 45.9 Å². The van der Waals surface area contributed by atoms with Crippen molar-refractivity contribution >= 4 is 117 Å². The highest BCUT2D eigenvalue weighted by atomic mass is 16.6. The highest BCUT2D eigenvalue weighted by Crippen LogP contribution is 2.32. The van der Waals surface area contributed by atoms with Crippen molar-refractivity contribution in [3.63, 3.8) is 0 Å². The van der Waals surface area contributed by atoms with Gasteiger partial charge in [0.05, 0.1) is 70.7 Å². The third-order valence-electron chi connectivity index (χ3n) is 21.0. The smallest absolute Gasteiger partial charge is 0.410 e. The van der Waals surface area contributed by atoms with Gasteiger partial charge in [-0.15, -0.1) is 0 Å². The molecule has 8 amide bonds. The summed E-state index contributed by atoms with van der Waals surface area (Å²) in [5.74, 6) is -8.16. The standard InChI is InChI=1S/C36H50N6O9.C36H48N6O8.C16H12N2O7/c1-21(2)29(43)31(45)38-23(4)32(46)42-16-8-9-27(40-42)30(44)37-22(3)26-13-12-25-11-10-24(19-28(25)39-26)14-15-36(33(47)48)20-41(17-18-50-36)34(49)51-35(5,6)7;1-21(2)29-31(44)38-23(4)32(45)42-16-8-9-27(40-42)30(43)37-22(3)26-13-12-25-11-10-24(19-28(25)39-26)14-15-36(33(46)49-29)20-41(17-18-48-36)34(47)50-35(5,6)7;1-9-5-3-7-11(17(21)22)13(9)15(19)25-16(20)14-10(2)6-4-8-12(14)18(23)24/h10-15,19,21-23,27,29,40,43H,8-9,16-18,20H2,1-7H3,(H,37,44)(H,38,45)(H,47,48);10-15,19,21-23,27,29,40H,8-9,16-18,20H2,1-7H3,(H,37,43)(H,38,44);3-8H,1-2H3/b2*15-14+;/t2*22-,23+,27+,29+,36?;/m11./s1. The number of pyridine rings is 2. The second-order valence-corrected chi connectivity index (χ2v) is 34.1. The van der Waals surface area contributed by atoms with Crippen molar-refractivity contribution in [2.45, 2.75) is 207 Å². The van der Waals surface area contributed by atoms with E-state index in [4.69, 9.17) is 33.7 Å². The Labute approximate surface area is 727 Å². The highest BCUT2D eigenvalue weighted by Gasteiger charge is 2.49. The maximum absolute atomic E-state index is 14.2. The number of nitro benzene ring substituents is 2. The zero-order valence-corrected chi connectivity index (χ0v) is 73.3. The van der Waals surface area contributed by atoms with Crippen LogP contribution in [0.2, 0.25) is 0 Å². The molecule has 11 rings (SSSR count). The van der Waals surface area contributed by atoms with Crippen LogP contribution in [0.5, 0.6) is 0 Å². The molecule has 10 atom stereocenters. The molecule has 4 saturated heterocycles. The third kappa shape index (κ3) is 24.8. The fourth-order valence-electron chi connectivity index (χ4n) is 14.1. The van der Waals surface area contributed by atoms with Crippen LogP contribution in [-0.2, 0) is 66.8 Å². The van der Waals surface area contributed by atoms with Gasteiger partial charge in [0.2, 0.25) is 28.9 Å². The molecular weight excluding hydrogens is 1640 g/mol. The lowest BCUT2D eigenvalue weighted by Gasteiger charge is -2.40. The van der Waals surface area contributed by atoms with Gasteiger partial charge in [-0.25, -0.2) is 39.6 Å². The number of nitrogens with zero attached hydrogens (tertiary/aromatic N) is 8. The van der Waals surface area contributed by atoms with Crippen LogP contribution < -0.4 is 32.1 Å². The Morgan fingerprint density at radius 3 is 1.82 bits per heavy atom. The first-order valence-corrected chi connectivity index (χ1v) is 41.3. The van der Waals surface area contributed by atoms with Crippen LogP contribution >= 0.6 is 0 Å². The average molecular weight is 1750 g/mol. The number of benzene rings is 4. The molecule has 4 fully saturated rings. The second-order valence-electron chi connectivity index (χ2n) is 34.1. The van der Waals surface area contributed by atoms with Crippen molar-refractivity contribution in [1.29, 1.82) is 0 Å². The number of carboxylic acids is 1. The molecule has 0 saturated carbocycles. The number of aliphatic hydroxyl groups is 1. The fraction of sp³-hybridized carbons (Fsp3) is 0.477. The molecule has 2 aromatic heterocycles. The van der Waals surface area contributed by atoms with Crippen LogP contribution in [0.1, 0.15) is 189 Å². The quantitative estimate of drug-likeness (QED) is 0.0157.